The number of methoxy groups -OCH3 is 1. The van der Waals surface area contributed by atoms with Crippen molar-refractivity contribution in [2.24, 2.45) is 11.8 Å². The Hall–Kier alpha value is -2.34. The maximum Gasteiger partial charge on any atom is 0.164 e. The highest BCUT2D eigenvalue weighted by molar-refractivity contribution is 6.31. The lowest BCUT2D eigenvalue weighted by Crippen LogP contribution is -2.25. The van der Waals surface area contributed by atoms with E-state index in [9.17, 15) is 0 Å². The molecular formula is C23H28ClN5O. The molecule has 1 atom stereocenters. The van der Waals surface area contributed by atoms with E-state index in [-0.39, 0.29) is 6.04 Å². The molecule has 0 spiro atoms. The molecule has 7 heteroatoms. The molecule has 0 radical (unpaired) electrons. The molecule has 0 amide bonds. The van der Waals surface area contributed by atoms with E-state index in [1.807, 2.05) is 17.7 Å². The summed E-state index contributed by atoms with van der Waals surface area (Å²) < 4.78 is 7.92. The van der Waals surface area contributed by atoms with E-state index in [0.717, 1.165) is 50.5 Å². The predicted octanol–water partition coefficient (Wildman–Crippen LogP) is 5.20. The highest BCUT2D eigenvalue weighted by atomic mass is 35.5. The second-order valence-electron chi connectivity index (χ2n) is 8.95. The van der Waals surface area contributed by atoms with Crippen LogP contribution in [-0.2, 0) is 0 Å². The standard InChI is InChI=1S/C23H28ClN5O/c1-11-18(24)9-17(21(30-4)19(11)16-7-15(8-16)14-5-6-14)13(3)29-23-20(12(2)28-29)22(25)26-10-27-23/h9-10,13-16H,5-8H2,1-4H3,(H2,25,26,27). The van der Waals surface area contributed by atoms with Crippen LogP contribution >= 0.6 is 11.6 Å². The number of anilines is 1. The zero-order valence-electron chi connectivity index (χ0n) is 17.9. The molecular weight excluding hydrogens is 398 g/mol. The quantitative estimate of drug-likeness (QED) is 0.607. The first-order chi connectivity index (χ1) is 14.4. The van der Waals surface area contributed by atoms with Crippen LogP contribution < -0.4 is 10.5 Å². The maximum absolute atomic E-state index is 6.73. The number of aryl methyl sites for hydroxylation is 1. The van der Waals surface area contributed by atoms with Crippen LogP contribution in [0.2, 0.25) is 5.02 Å². The Morgan fingerprint density at radius 2 is 1.93 bits per heavy atom. The van der Waals surface area contributed by atoms with Crippen molar-refractivity contribution in [2.75, 3.05) is 12.8 Å². The molecule has 5 rings (SSSR count). The third-order valence-corrected chi connectivity index (χ3v) is 7.53. The molecule has 3 aromatic rings. The summed E-state index contributed by atoms with van der Waals surface area (Å²) in [6, 6.07) is 1.91. The van der Waals surface area contributed by atoms with E-state index in [0.29, 0.717) is 11.7 Å². The first-order valence-corrected chi connectivity index (χ1v) is 11.1. The van der Waals surface area contributed by atoms with Gasteiger partial charge in [0.15, 0.2) is 5.65 Å². The number of halogens is 1. The van der Waals surface area contributed by atoms with Crippen LogP contribution in [0.3, 0.4) is 0 Å². The number of nitrogens with zero attached hydrogens (tertiary/aromatic N) is 4. The number of benzene rings is 1. The second-order valence-corrected chi connectivity index (χ2v) is 9.36. The molecule has 1 unspecified atom stereocenters. The van der Waals surface area contributed by atoms with Gasteiger partial charge in [0.1, 0.15) is 17.9 Å². The van der Waals surface area contributed by atoms with Gasteiger partial charge in [0.2, 0.25) is 0 Å². The third kappa shape index (κ3) is 2.96. The van der Waals surface area contributed by atoms with E-state index >= 15 is 0 Å². The highest BCUT2D eigenvalue weighted by Crippen LogP contribution is 2.56. The van der Waals surface area contributed by atoms with Crippen molar-refractivity contribution < 1.29 is 4.74 Å². The number of nitrogen functional groups attached to an aromatic ring is 1. The minimum Gasteiger partial charge on any atom is -0.496 e. The summed E-state index contributed by atoms with van der Waals surface area (Å²) >= 11 is 6.73. The normalized spacial score (nSPS) is 22.2. The minimum absolute atomic E-state index is 0.110. The largest absolute Gasteiger partial charge is 0.496 e. The predicted molar refractivity (Wildman–Crippen MR) is 119 cm³/mol. The van der Waals surface area contributed by atoms with Gasteiger partial charge in [-0.2, -0.15) is 5.10 Å². The molecule has 2 aliphatic rings. The molecule has 2 aromatic heterocycles. The van der Waals surface area contributed by atoms with Crippen molar-refractivity contribution in [1.29, 1.82) is 0 Å². The lowest BCUT2D eigenvalue weighted by atomic mass is 9.68. The average Bonchev–Trinajstić information content (AvgIpc) is 3.46. The Labute approximate surface area is 181 Å². The zero-order valence-corrected chi connectivity index (χ0v) is 18.7. The van der Waals surface area contributed by atoms with Crippen molar-refractivity contribution in [1.82, 2.24) is 19.7 Å². The van der Waals surface area contributed by atoms with Crippen LogP contribution in [0.25, 0.3) is 11.0 Å². The van der Waals surface area contributed by atoms with Crippen LogP contribution in [0, 0.1) is 25.7 Å². The minimum atomic E-state index is -0.110. The SMILES string of the molecule is COc1c(C(C)n2nc(C)c3c(N)ncnc32)cc(Cl)c(C)c1C1CC(C2CC2)C1. The Morgan fingerprint density at radius 1 is 1.20 bits per heavy atom. The fraction of sp³-hybridized carbons (Fsp3) is 0.522. The number of ether oxygens (including phenoxy) is 1. The average molecular weight is 426 g/mol. The van der Waals surface area contributed by atoms with E-state index in [4.69, 9.17) is 27.2 Å². The molecule has 2 saturated carbocycles. The van der Waals surface area contributed by atoms with Crippen LogP contribution in [0.15, 0.2) is 12.4 Å². The van der Waals surface area contributed by atoms with Crippen molar-refractivity contribution in [2.45, 2.75) is 58.4 Å². The van der Waals surface area contributed by atoms with Gasteiger partial charge in [0.05, 0.1) is 24.2 Å². The first-order valence-electron chi connectivity index (χ1n) is 10.7. The number of hydrogen-bond donors (Lipinski definition) is 1. The summed E-state index contributed by atoms with van der Waals surface area (Å²) in [5.74, 6) is 3.73. The van der Waals surface area contributed by atoms with Crippen LogP contribution in [0.1, 0.15) is 67.0 Å². The number of nitrogens with two attached hydrogens (primary N) is 1. The van der Waals surface area contributed by atoms with Crippen LogP contribution in [0.4, 0.5) is 5.82 Å². The molecule has 1 aromatic carbocycles. The van der Waals surface area contributed by atoms with E-state index in [1.54, 1.807) is 7.11 Å². The second kappa shape index (κ2) is 7.12. The highest BCUT2D eigenvalue weighted by Gasteiger charge is 2.42. The Balaban J connectivity index is 1.60. The van der Waals surface area contributed by atoms with Crippen molar-refractivity contribution in [3.8, 4) is 5.75 Å². The van der Waals surface area contributed by atoms with Crippen LogP contribution in [-0.4, -0.2) is 26.9 Å². The van der Waals surface area contributed by atoms with Gasteiger partial charge in [0, 0.05) is 16.1 Å². The molecule has 2 N–H and O–H groups in total. The monoisotopic (exact) mass is 425 g/mol. The van der Waals surface area contributed by atoms with Crippen molar-refractivity contribution in [3.63, 3.8) is 0 Å². The van der Waals surface area contributed by atoms with E-state index < -0.39 is 0 Å². The van der Waals surface area contributed by atoms with Gasteiger partial charge in [-0.25, -0.2) is 14.6 Å². The molecule has 0 bridgehead atoms. The van der Waals surface area contributed by atoms with E-state index in [2.05, 4.69) is 23.8 Å². The summed E-state index contributed by atoms with van der Waals surface area (Å²) in [6.07, 6.45) is 6.77. The fourth-order valence-corrected chi connectivity index (χ4v) is 5.43. The number of hydrogen-bond acceptors (Lipinski definition) is 5. The molecule has 0 aliphatic heterocycles. The van der Waals surface area contributed by atoms with Gasteiger partial charge >= 0.3 is 0 Å². The number of aromatic nitrogens is 4. The Bertz CT molecular complexity index is 1130. The molecule has 2 aliphatic carbocycles. The summed E-state index contributed by atoms with van der Waals surface area (Å²) in [7, 11) is 1.76. The zero-order chi connectivity index (χ0) is 21.2. The third-order valence-electron chi connectivity index (χ3n) is 7.14. The topological polar surface area (TPSA) is 78.9 Å². The molecule has 158 valence electrons. The molecule has 6 nitrogen and oxygen atoms in total. The molecule has 30 heavy (non-hydrogen) atoms. The van der Waals surface area contributed by atoms with Crippen molar-refractivity contribution in [3.05, 3.63) is 39.8 Å². The lowest BCUT2D eigenvalue weighted by molar-refractivity contribution is 0.226. The van der Waals surface area contributed by atoms with Gasteiger partial charge in [0.25, 0.3) is 0 Å². The van der Waals surface area contributed by atoms with Gasteiger partial charge in [-0.15, -0.1) is 0 Å². The van der Waals surface area contributed by atoms with Gasteiger partial charge in [-0.1, -0.05) is 11.6 Å². The first kappa shape index (κ1) is 19.6. The summed E-state index contributed by atoms with van der Waals surface area (Å²) in [5.41, 5.74) is 11.1. The van der Waals surface area contributed by atoms with Gasteiger partial charge in [-0.3, -0.25) is 0 Å². The Morgan fingerprint density at radius 3 is 2.60 bits per heavy atom. The number of rotatable bonds is 5. The Kier molecular flexibility index (Phi) is 4.65. The molecule has 2 heterocycles. The fourth-order valence-electron chi connectivity index (χ4n) is 5.22. The maximum atomic E-state index is 6.73. The molecule has 0 saturated heterocycles. The summed E-state index contributed by atoms with van der Waals surface area (Å²) in [6.45, 7) is 6.15. The number of fused-ring (bicyclic) bond motifs is 1. The van der Waals surface area contributed by atoms with Gasteiger partial charge in [-0.05, 0) is 75.8 Å². The van der Waals surface area contributed by atoms with Crippen LogP contribution in [0.5, 0.6) is 5.75 Å². The lowest BCUT2D eigenvalue weighted by Gasteiger charge is -2.38. The van der Waals surface area contributed by atoms with E-state index in [1.165, 1.54) is 37.6 Å². The molecule has 2 fully saturated rings. The van der Waals surface area contributed by atoms with Crippen molar-refractivity contribution >= 4 is 28.5 Å². The smallest absolute Gasteiger partial charge is 0.164 e. The summed E-state index contributed by atoms with van der Waals surface area (Å²) in [5, 5.41) is 6.32. The van der Waals surface area contributed by atoms with Gasteiger partial charge < -0.3 is 10.5 Å². The summed E-state index contributed by atoms with van der Waals surface area (Å²) in [4.78, 5) is 8.58.